The van der Waals surface area contributed by atoms with Crippen LogP contribution in [-0.4, -0.2) is 9.97 Å². The average Bonchev–Trinajstić information content (AvgIpc) is 2.24. The Morgan fingerprint density at radius 2 is 2.00 bits per heavy atom. The lowest BCUT2D eigenvalue weighted by Crippen LogP contribution is -1.90. The molecule has 1 aromatic heterocycles. The van der Waals surface area contributed by atoms with Crippen LogP contribution in [0.4, 0.5) is 0 Å². The van der Waals surface area contributed by atoms with Gasteiger partial charge in [-0.15, -0.1) is 0 Å². The lowest BCUT2D eigenvalue weighted by Gasteiger charge is -2.07. The fourth-order valence-corrected chi connectivity index (χ4v) is 1.47. The second-order valence-electron chi connectivity index (χ2n) is 3.20. The van der Waals surface area contributed by atoms with Gasteiger partial charge in [0.2, 0.25) is 11.2 Å². The summed E-state index contributed by atoms with van der Waals surface area (Å²) >= 11 is 11.6. The van der Waals surface area contributed by atoms with Gasteiger partial charge in [0, 0.05) is 12.3 Å². The molecule has 0 unspecified atom stereocenters. The van der Waals surface area contributed by atoms with Crippen LogP contribution < -0.4 is 4.74 Å². The number of hydrogen-bond donors (Lipinski definition) is 0. The minimum absolute atomic E-state index is 0.140. The van der Waals surface area contributed by atoms with Gasteiger partial charge in [-0.25, -0.2) is 4.98 Å². The molecular formula is C11H8Cl2N2O. The van der Waals surface area contributed by atoms with E-state index in [1.54, 1.807) is 12.1 Å². The van der Waals surface area contributed by atoms with E-state index in [9.17, 15) is 0 Å². The van der Waals surface area contributed by atoms with E-state index in [0.29, 0.717) is 16.7 Å². The van der Waals surface area contributed by atoms with Gasteiger partial charge in [0.1, 0.15) is 5.75 Å². The predicted octanol–water partition coefficient (Wildman–Crippen LogP) is 3.88. The van der Waals surface area contributed by atoms with E-state index >= 15 is 0 Å². The molecule has 82 valence electrons. The lowest BCUT2D eigenvalue weighted by molar-refractivity contribution is 0.461. The molecule has 2 rings (SSSR count). The molecule has 1 aromatic carbocycles. The second kappa shape index (κ2) is 4.68. The van der Waals surface area contributed by atoms with Crippen LogP contribution in [0.1, 0.15) is 5.56 Å². The maximum absolute atomic E-state index is 5.98. The van der Waals surface area contributed by atoms with Gasteiger partial charge in [-0.1, -0.05) is 17.7 Å². The van der Waals surface area contributed by atoms with Gasteiger partial charge in [-0.2, -0.15) is 4.98 Å². The van der Waals surface area contributed by atoms with Crippen LogP contribution in [0.15, 0.2) is 30.5 Å². The third-order valence-corrected chi connectivity index (χ3v) is 2.40. The van der Waals surface area contributed by atoms with Crippen molar-refractivity contribution in [3.8, 4) is 11.6 Å². The van der Waals surface area contributed by atoms with Crippen LogP contribution in [0.3, 0.4) is 0 Å². The number of rotatable bonds is 2. The molecule has 0 atom stereocenters. The summed E-state index contributed by atoms with van der Waals surface area (Å²) in [7, 11) is 0. The maximum Gasteiger partial charge on any atom is 0.225 e. The number of halogens is 2. The van der Waals surface area contributed by atoms with Crippen molar-refractivity contribution in [2.45, 2.75) is 6.92 Å². The van der Waals surface area contributed by atoms with Crippen molar-refractivity contribution in [1.29, 1.82) is 0 Å². The Labute approximate surface area is 103 Å². The molecule has 3 nitrogen and oxygen atoms in total. The molecule has 0 aliphatic carbocycles. The smallest absolute Gasteiger partial charge is 0.225 e. The van der Waals surface area contributed by atoms with Crippen molar-refractivity contribution >= 4 is 23.2 Å². The Morgan fingerprint density at radius 1 is 1.19 bits per heavy atom. The normalized spacial score (nSPS) is 10.2. The highest BCUT2D eigenvalue weighted by Crippen LogP contribution is 2.29. The Morgan fingerprint density at radius 3 is 2.75 bits per heavy atom. The summed E-state index contributed by atoms with van der Waals surface area (Å²) in [5.41, 5.74) is 1.06. The highest BCUT2D eigenvalue weighted by Gasteiger charge is 2.04. The second-order valence-corrected chi connectivity index (χ2v) is 3.95. The van der Waals surface area contributed by atoms with Gasteiger partial charge in [0.05, 0.1) is 5.02 Å². The minimum atomic E-state index is 0.140. The fraction of sp³-hybridized carbons (Fsp3) is 0.0909. The van der Waals surface area contributed by atoms with Crippen molar-refractivity contribution in [3.63, 3.8) is 0 Å². The van der Waals surface area contributed by atoms with Gasteiger partial charge < -0.3 is 4.74 Å². The van der Waals surface area contributed by atoms with Crippen LogP contribution in [0.2, 0.25) is 10.3 Å². The molecule has 0 bridgehead atoms. The summed E-state index contributed by atoms with van der Waals surface area (Å²) in [6.45, 7) is 1.95. The van der Waals surface area contributed by atoms with Gasteiger partial charge in [0.25, 0.3) is 0 Å². The molecule has 1 heterocycles. The molecule has 0 aliphatic heterocycles. The summed E-state index contributed by atoms with van der Waals surface area (Å²) in [5.74, 6) is 0.920. The largest absolute Gasteiger partial charge is 0.437 e. The first-order valence-electron chi connectivity index (χ1n) is 4.58. The molecule has 2 aromatic rings. The molecule has 0 radical (unpaired) electrons. The quantitative estimate of drug-likeness (QED) is 0.763. The number of hydrogen-bond acceptors (Lipinski definition) is 3. The molecular weight excluding hydrogens is 247 g/mol. The summed E-state index contributed by atoms with van der Waals surface area (Å²) < 4.78 is 5.50. The number of nitrogens with zero attached hydrogens (tertiary/aromatic N) is 2. The van der Waals surface area contributed by atoms with Gasteiger partial charge in [-0.05, 0) is 36.2 Å². The van der Waals surface area contributed by atoms with Crippen LogP contribution in [0.5, 0.6) is 11.6 Å². The first kappa shape index (κ1) is 11.2. The number of aromatic nitrogens is 2. The Bertz CT molecular complexity index is 517. The number of aryl methyl sites for hydroxylation is 1. The van der Waals surface area contributed by atoms with Crippen molar-refractivity contribution in [3.05, 3.63) is 46.3 Å². The Kier molecular flexibility index (Phi) is 3.27. The molecule has 0 saturated carbocycles. The number of benzene rings is 1. The highest BCUT2D eigenvalue weighted by atomic mass is 35.5. The predicted molar refractivity (Wildman–Crippen MR) is 63.3 cm³/mol. The van der Waals surface area contributed by atoms with E-state index in [1.165, 1.54) is 6.20 Å². The maximum atomic E-state index is 5.98. The monoisotopic (exact) mass is 254 g/mol. The van der Waals surface area contributed by atoms with E-state index in [-0.39, 0.29) is 5.28 Å². The molecule has 0 N–H and O–H groups in total. The average molecular weight is 255 g/mol. The van der Waals surface area contributed by atoms with Gasteiger partial charge in [0.15, 0.2) is 0 Å². The van der Waals surface area contributed by atoms with Crippen LogP contribution in [0.25, 0.3) is 0 Å². The van der Waals surface area contributed by atoms with Crippen LogP contribution >= 0.6 is 23.2 Å². The first-order chi connectivity index (χ1) is 7.65. The third-order valence-electron chi connectivity index (χ3n) is 1.90. The molecule has 5 heteroatoms. The highest BCUT2D eigenvalue weighted by molar-refractivity contribution is 6.32. The summed E-state index contributed by atoms with van der Waals surface area (Å²) in [6, 6.07) is 7.13. The standard InChI is InChI=1S/C11H8Cl2N2O/c1-7-2-3-8(12)9(6-7)16-10-4-5-14-11(13)15-10/h2-6H,1H3. The SMILES string of the molecule is Cc1ccc(Cl)c(Oc2ccnc(Cl)n2)c1. The molecule has 0 fully saturated rings. The zero-order valence-electron chi connectivity index (χ0n) is 8.45. The van der Waals surface area contributed by atoms with E-state index in [2.05, 4.69) is 9.97 Å². The Balaban J connectivity index is 2.30. The van der Waals surface area contributed by atoms with Crippen molar-refractivity contribution in [2.24, 2.45) is 0 Å². The van der Waals surface area contributed by atoms with Crippen LogP contribution in [0, 0.1) is 6.92 Å². The zero-order valence-corrected chi connectivity index (χ0v) is 9.96. The molecule has 0 amide bonds. The van der Waals surface area contributed by atoms with Crippen molar-refractivity contribution in [1.82, 2.24) is 9.97 Å². The zero-order chi connectivity index (χ0) is 11.5. The number of ether oxygens (including phenoxy) is 1. The third kappa shape index (κ3) is 2.62. The molecule has 16 heavy (non-hydrogen) atoms. The van der Waals surface area contributed by atoms with Crippen LogP contribution in [-0.2, 0) is 0 Å². The van der Waals surface area contributed by atoms with E-state index in [0.717, 1.165) is 5.56 Å². The lowest BCUT2D eigenvalue weighted by atomic mass is 10.2. The minimum Gasteiger partial charge on any atom is -0.437 e. The van der Waals surface area contributed by atoms with Crippen molar-refractivity contribution < 1.29 is 4.74 Å². The van der Waals surface area contributed by atoms with Gasteiger partial charge in [-0.3, -0.25) is 0 Å². The Hall–Kier alpha value is -1.32. The van der Waals surface area contributed by atoms with Crippen molar-refractivity contribution in [2.75, 3.05) is 0 Å². The summed E-state index contributed by atoms with van der Waals surface area (Å²) in [6.07, 6.45) is 1.52. The summed E-state index contributed by atoms with van der Waals surface area (Å²) in [4.78, 5) is 7.68. The molecule has 0 spiro atoms. The molecule has 0 aliphatic rings. The summed E-state index contributed by atoms with van der Waals surface area (Å²) in [5, 5.41) is 0.668. The van der Waals surface area contributed by atoms with E-state index in [1.807, 2.05) is 19.1 Å². The fourth-order valence-electron chi connectivity index (χ4n) is 1.18. The van der Waals surface area contributed by atoms with Gasteiger partial charge >= 0.3 is 0 Å². The first-order valence-corrected chi connectivity index (χ1v) is 5.33. The topological polar surface area (TPSA) is 35.0 Å². The van der Waals surface area contributed by atoms with E-state index < -0.39 is 0 Å². The van der Waals surface area contributed by atoms with E-state index in [4.69, 9.17) is 27.9 Å². The molecule has 0 saturated heterocycles.